The topological polar surface area (TPSA) is 37.4 Å². The van der Waals surface area contributed by atoms with Crippen LogP contribution in [0.25, 0.3) is 0 Å². The second kappa shape index (κ2) is 6.64. The molecule has 1 heterocycles. The van der Waals surface area contributed by atoms with E-state index in [-0.39, 0.29) is 17.5 Å². The van der Waals surface area contributed by atoms with E-state index in [1.807, 2.05) is 4.90 Å². The molecule has 108 valence electrons. The van der Waals surface area contributed by atoms with E-state index < -0.39 is 0 Å². The Labute approximate surface area is 118 Å². The lowest BCUT2D eigenvalue weighted by Crippen LogP contribution is -2.37. The van der Waals surface area contributed by atoms with Crippen molar-refractivity contribution in [1.29, 1.82) is 0 Å². The molecule has 0 saturated carbocycles. The molecule has 0 radical (unpaired) electrons. The maximum atomic E-state index is 12.8. The quantitative estimate of drug-likeness (QED) is 0.793. The van der Waals surface area contributed by atoms with Crippen molar-refractivity contribution in [2.24, 2.45) is 5.92 Å². The molecule has 3 nitrogen and oxygen atoms in total. The zero-order valence-corrected chi connectivity index (χ0v) is 11.8. The molecule has 0 spiro atoms. The Balaban J connectivity index is 1.77. The number of hydrogen-bond donors (Lipinski definition) is 0. The molecular weight excluding hydrogens is 257 g/mol. The molecule has 0 aromatic heterocycles. The van der Waals surface area contributed by atoms with Gasteiger partial charge in [0.15, 0.2) is 5.78 Å². The molecular formula is C16H20FNO2. The van der Waals surface area contributed by atoms with Crippen molar-refractivity contribution in [1.82, 2.24) is 4.90 Å². The minimum Gasteiger partial charge on any atom is -0.343 e. The molecule has 1 saturated heterocycles. The average molecular weight is 277 g/mol. The Morgan fingerprint density at radius 2 is 1.80 bits per heavy atom. The minimum absolute atomic E-state index is 0.0685. The highest BCUT2D eigenvalue weighted by atomic mass is 19.1. The molecule has 4 heteroatoms. The number of ketones is 1. The van der Waals surface area contributed by atoms with Crippen LogP contribution in [0.2, 0.25) is 0 Å². The number of Topliss-reactive ketones (excluding diaryl/α,β-unsaturated/α-hetero) is 1. The Morgan fingerprint density at radius 1 is 1.20 bits per heavy atom. The van der Waals surface area contributed by atoms with Crippen LogP contribution in [-0.2, 0) is 4.79 Å². The first kappa shape index (κ1) is 14.7. The molecule has 1 aliphatic heterocycles. The van der Waals surface area contributed by atoms with Crippen LogP contribution in [0, 0.1) is 11.7 Å². The summed E-state index contributed by atoms with van der Waals surface area (Å²) in [7, 11) is 0. The summed E-state index contributed by atoms with van der Waals surface area (Å²) in [4.78, 5) is 25.1. The maximum Gasteiger partial charge on any atom is 0.219 e. The monoisotopic (exact) mass is 277 g/mol. The van der Waals surface area contributed by atoms with Crippen LogP contribution in [0.5, 0.6) is 0 Å². The van der Waals surface area contributed by atoms with Crippen LogP contribution in [0.3, 0.4) is 0 Å². The number of nitrogens with zero attached hydrogens (tertiary/aromatic N) is 1. The number of hydrogen-bond acceptors (Lipinski definition) is 2. The van der Waals surface area contributed by atoms with Crippen molar-refractivity contribution in [2.75, 3.05) is 13.1 Å². The van der Waals surface area contributed by atoms with Crippen LogP contribution in [0.4, 0.5) is 4.39 Å². The smallest absolute Gasteiger partial charge is 0.219 e. The van der Waals surface area contributed by atoms with E-state index in [4.69, 9.17) is 0 Å². The SMILES string of the molecule is CC(=O)N1CCC(CCC(=O)c2ccc(F)cc2)CC1. The first-order valence-electron chi connectivity index (χ1n) is 7.10. The standard InChI is InChI=1S/C16H20FNO2/c1-12(19)18-10-8-13(9-11-18)2-7-16(20)14-3-5-15(17)6-4-14/h3-6,13H,2,7-11H2,1H3. The minimum atomic E-state index is -0.321. The summed E-state index contributed by atoms with van der Waals surface area (Å²) < 4.78 is 12.8. The second-order valence-corrected chi connectivity index (χ2v) is 5.42. The summed E-state index contributed by atoms with van der Waals surface area (Å²) in [5.74, 6) is 0.387. The molecule has 1 fully saturated rings. The summed E-state index contributed by atoms with van der Waals surface area (Å²) in [6.07, 6.45) is 3.28. The van der Waals surface area contributed by atoms with Gasteiger partial charge >= 0.3 is 0 Å². The van der Waals surface area contributed by atoms with Crippen LogP contribution in [0.1, 0.15) is 43.0 Å². The number of carbonyl (C=O) groups is 2. The van der Waals surface area contributed by atoms with Gasteiger partial charge in [-0.05, 0) is 49.4 Å². The third kappa shape index (κ3) is 3.89. The number of likely N-dealkylation sites (tertiary alicyclic amines) is 1. The largest absolute Gasteiger partial charge is 0.343 e. The lowest BCUT2D eigenvalue weighted by atomic mass is 9.90. The predicted molar refractivity (Wildman–Crippen MR) is 74.9 cm³/mol. The fourth-order valence-electron chi connectivity index (χ4n) is 2.65. The highest BCUT2D eigenvalue weighted by Gasteiger charge is 2.21. The molecule has 0 N–H and O–H groups in total. The molecule has 0 unspecified atom stereocenters. The fraction of sp³-hybridized carbons (Fsp3) is 0.500. The Kier molecular flexibility index (Phi) is 4.88. The summed E-state index contributed by atoms with van der Waals surface area (Å²) >= 11 is 0. The first-order chi connectivity index (χ1) is 9.56. The molecule has 1 aliphatic rings. The van der Waals surface area contributed by atoms with E-state index in [0.29, 0.717) is 17.9 Å². The first-order valence-corrected chi connectivity index (χ1v) is 7.10. The lowest BCUT2D eigenvalue weighted by molar-refractivity contribution is -0.130. The van der Waals surface area contributed by atoms with Gasteiger partial charge in [0.25, 0.3) is 0 Å². The van der Waals surface area contributed by atoms with Crippen LogP contribution in [-0.4, -0.2) is 29.7 Å². The van der Waals surface area contributed by atoms with Gasteiger partial charge in [0.05, 0.1) is 0 Å². The van der Waals surface area contributed by atoms with Gasteiger partial charge in [-0.25, -0.2) is 4.39 Å². The van der Waals surface area contributed by atoms with Gasteiger partial charge in [0.1, 0.15) is 5.82 Å². The molecule has 1 aromatic carbocycles. The van der Waals surface area contributed by atoms with Gasteiger partial charge in [-0.1, -0.05) is 0 Å². The third-order valence-electron chi connectivity index (χ3n) is 4.01. The molecule has 0 bridgehead atoms. The number of benzene rings is 1. The number of amides is 1. The molecule has 1 amide bonds. The highest BCUT2D eigenvalue weighted by molar-refractivity contribution is 5.95. The van der Waals surface area contributed by atoms with Crippen molar-refractivity contribution >= 4 is 11.7 Å². The van der Waals surface area contributed by atoms with Gasteiger partial charge in [-0.2, -0.15) is 0 Å². The average Bonchev–Trinajstić information content (AvgIpc) is 2.46. The summed E-state index contributed by atoms with van der Waals surface area (Å²) in [5, 5.41) is 0. The van der Waals surface area contributed by atoms with E-state index in [2.05, 4.69) is 0 Å². The van der Waals surface area contributed by atoms with E-state index >= 15 is 0 Å². The zero-order chi connectivity index (χ0) is 14.5. The zero-order valence-electron chi connectivity index (χ0n) is 11.8. The van der Waals surface area contributed by atoms with E-state index in [9.17, 15) is 14.0 Å². The number of rotatable bonds is 4. The molecule has 20 heavy (non-hydrogen) atoms. The van der Waals surface area contributed by atoms with Crippen LogP contribution >= 0.6 is 0 Å². The van der Waals surface area contributed by atoms with Gasteiger partial charge in [-0.3, -0.25) is 9.59 Å². The Morgan fingerprint density at radius 3 is 2.35 bits per heavy atom. The van der Waals surface area contributed by atoms with Crippen molar-refractivity contribution < 1.29 is 14.0 Å². The Bertz CT molecular complexity index is 476. The molecule has 0 atom stereocenters. The van der Waals surface area contributed by atoms with Gasteiger partial charge in [-0.15, -0.1) is 0 Å². The molecule has 1 aromatic rings. The third-order valence-corrected chi connectivity index (χ3v) is 4.01. The summed E-state index contributed by atoms with van der Waals surface area (Å²) in [6.45, 7) is 3.19. The predicted octanol–water partition coefficient (Wildman–Crippen LogP) is 3.05. The molecule has 2 rings (SSSR count). The second-order valence-electron chi connectivity index (χ2n) is 5.42. The van der Waals surface area contributed by atoms with Gasteiger partial charge in [0, 0.05) is 32.0 Å². The fourth-order valence-corrected chi connectivity index (χ4v) is 2.65. The van der Waals surface area contributed by atoms with Crippen molar-refractivity contribution in [3.8, 4) is 0 Å². The van der Waals surface area contributed by atoms with Crippen molar-refractivity contribution in [2.45, 2.75) is 32.6 Å². The van der Waals surface area contributed by atoms with E-state index in [1.54, 1.807) is 6.92 Å². The highest BCUT2D eigenvalue weighted by Crippen LogP contribution is 2.23. The molecule has 0 aliphatic carbocycles. The van der Waals surface area contributed by atoms with Gasteiger partial charge in [0.2, 0.25) is 5.91 Å². The maximum absolute atomic E-state index is 12.8. The van der Waals surface area contributed by atoms with Crippen molar-refractivity contribution in [3.05, 3.63) is 35.6 Å². The van der Waals surface area contributed by atoms with Crippen molar-refractivity contribution in [3.63, 3.8) is 0 Å². The number of halogens is 1. The van der Waals surface area contributed by atoms with Crippen LogP contribution < -0.4 is 0 Å². The lowest BCUT2D eigenvalue weighted by Gasteiger charge is -2.31. The van der Waals surface area contributed by atoms with Crippen LogP contribution in [0.15, 0.2) is 24.3 Å². The summed E-state index contributed by atoms with van der Waals surface area (Å²) in [5.41, 5.74) is 0.576. The number of piperidine rings is 1. The summed E-state index contributed by atoms with van der Waals surface area (Å²) in [6, 6.07) is 5.71. The van der Waals surface area contributed by atoms with E-state index in [0.717, 1.165) is 32.4 Å². The van der Waals surface area contributed by atoms with Gasteiger partial charge < -0.3 is 4.90 Å². The van der Waals surface area contributed by atoms with E-state index in [1.165, 1.54) is 24.3 Å². The number of carbonyl (C=O) groups excluding carboxylic acids is 2. The normalized spacial score (nSPS) is 16.2. The Hall–Kier alpha value is -1.71.